The molecule has 0 aliphatic heterocycles. The Morgan fingerprint density at radius 2 is 1.93 bits per heavy atom. The molecular formula is C16H13F3N4O5. The highest BCUT2D eigenvalue weighted by Crippen LogP contribution is 2.37. The second kappa shape index (κ2) is 7.98. The molecule has 0 unspecified atom stereocenters. The van der Waals surface area contributed by atoms with Crippen LogP contribution in [0.2, 0.25) is 0 Å². The SMILES string of the molecule is Cc1cnc(C(=O)O[C@H](C)C(=O)Nc2ccc([N+](=O)[O-])cc2C(F)(F)F)cn1. The van der Waals surface area contributed by atoms with Crippen LogP contribution in [0, 0.1) is 17.0 Å². The van der Waals surface area contributed by atoms with E-state index in [1.54, 1.807) is 6.92 Å². The van der Waals surface area contributed by atoms with Crippen molar-refractivity contribution in [2.75, 3.05) is 5.32 Å². The number of rotatable bonds is 5. The van der Waals surface area contributed by atoms with Gasteiger partial charge in [-0.1, -0.05) is 0 Å². The quantitative estimate of drug-likeness (QED) is 0.466. The number of amides is 1. The Hall–Kier alpha value is -3.57. The molecule has 0 aliphatic carbocycles. The van der Waals surface area contributed by atoms with Crippen molar-refractivity contribution in [3.05, 3.63) is 57.7 Å². The molecule has 1 amide bonds. The fraction of sp³-hybridized carbons (Fsp3) is 0.250. The number of nitrogens with one attached hydrogen (secondary N) is 1. The first-order chi connectivity index (χ1) is 13.0. The van der Waals surface area contributed by atoms with Gasteiger partial charge in [0.25, 0.3) is 11.6 Å². The van der Waals surface area contributed by atoms with Gasteiger partial charge in [-0.3, -0.25) is 19.9 Å². The molecule has 9 nitrogen and oxygen atoms in total. The molecule has 148 valence electrons. The van der Waals surface area contributed by atoms with Crippen molar-refractivity contribution in [3.63, 3.8) is 0 Å². The number of benzene rings is 1. The Bertz CT molecular complexity index is 915. The van der Waals surface area contributed by atoms with Crippen molar-refractivity contribution in [3.8, 4) is 0 Å². The molecule has 2 aromatic rings. The molecule has 1 aromatic carbocycles. The van der Waals surface area contributed by atoms with Gasteiger partial charge in [-0.15, -0.1) is 0 Å². The molecule has 0 fully saturated rings. The molecule has 0 saturated carbocycles. The molecule has 0 bridgehead atoms. The van der Waals surface area contributed by atoms with Crippen LogP contribution in [-0.4, -0.2) is 32.9 Å². The zero-order valence-electron chi connectivity index (χ0n) is 14.5. The molecule has 1 heterocycles. The van der Waals surface area contributed by atoms with E-state index in [0.29, 0.717) is 11.8 Å². The first-order valence-electron chi connectivity index (χ1n) is 7.65. The average molecular weight is 398 g/mol. The van der Waals surface area contributed by atoms with E-state index in [4.69, 9.17) is 4.74 Å². The van der Waals surface area contributed by atoms with E-state index >= 15 is 0 Å². The highest BCUT2D eigenvalue weighted by molar-refractivity contribution is 5.97. The van der Waals surface area contributed by atoms with Crippen LogP contribution in [-0.2, 0) is 15.7 Å². The van der Waals surface area contributed by atoms with E-state index in [1.807, 2.05) is 5.32 Å². The first-order valence-corrected chi connectivity index (χ1v) is 7.65. The van der Waals surface area contributed by atoms with E-state index in [1.165, 1.54) is 6.20 Å². The number of nitrogens with zero attached hydrogens (tertiary/aromatic N) is 3. The maximum atomic E-state index is 13.1. The Morgan fingerprint density at radius 1 is 1.25 bits per heavy atom. The first kappa shape index (κ1) is 20.7. The second-order valence-corrected chi connectivity index (χ2v) is 5.56. The van der Waals surface area contributed by atoms with Crippen molar-refractivity contribution in [2.45, 2.75) is 26.1 Å². The predicted octanol–water partition coefficient (Wildman–Crippen LogP) is 2.90. The Balaban J connectivity index is 2.16. The van der Waals surface area contributed by atoms with E-state index in [-0.39, 0.29) is 5.69 Å². The van der Waals surface area contributed by atoms with Crippen LogP contribution < -0.4 is 5.32 Å². The van der Waals surface area contributed by atoms with Crippen LogP contribution in [0.25, 0.3) is 0 Å². The number of carbonyl (C=O) groups excluding carboxylic acids is 2. The molecule has 1 aromatic heterocycles. The third kappa shape index (κ3) is 4.99. The Kier molecular flexibility index (Phi) is 5.91. The number of nitro groups is 1. The monoisotopic (exact) mass is 398 g/mol. The van der Waals surface area contributed by atoms with E-state index < -0.39 is 46.0 Å². The fourth-order valence-electron chi connectivity index (χ4n) is 2.00. The summed E-state index contributed by atoms with van der Waals surface area (Å²) in [7, 11) is 0. The fourth-order valence-corrected chi connectivity index (χ4v) is 2.00. The number of esters is 1. The van der Waals surface area contributed by atoms with Crippen LogP contribution in [0.3, 0.4) is 0 Å². The summed E-state index contributed by atoms with van der Waals surface area (Å²) in [6, 6.07) is 1.86. The summed E-state index contributed by atoms with van der Waals surface area (Å²) >= 11 is 0. The molecule has 0 saturated heterocycles. The molecular weight excluding hydrogens is 385 g/mol. The van der Waals surface area contributed by atoms with Gasteiger partial charge in [-0.25, -0.2) is 9.78 Å². The Morgan fingerprint density at radius 3 is 2.46 bits per heavy atom. The molecule has 12 heteroatoms. The lowest BCUT2D eigenvalue weighted by Gasteiger charge is -2.16. The molecule has 2 rings (SSSR count). The van der Waals surface area contributed by atoms with Crippen molar-refractivity contribution in [2.24, 2.45) is 0 Å². The minimum absolute atomic E-state index is 0.184. The van der Waals surface area contributed by atoms with Crippen LogP contribution in [0.5, 0.6) is 0 Å². The number of halogens is 3. The summed E-state index contributed by atoms with van der Waals surface area (Å²) in [6.07, 6.45) is -3.99. The second-order valence-electron chi connectivity index (χ2n) is 5.56. The smallest absolute Gasteiger partial charge is 0.418 e. The van der Waals surface area contributed by atoms with Gasteiger partial charge in [0.05, 0.1) is 28.1 Å². The number of non-ortho nitro benzene ring substituents is 1. The Labute approximate surface area is 155 Å². The van der Waals surface area contributed by atoms with Gasteiger partial charge in [0.15, 0.2) is 11.8 Å². The minimum atomic E-state index is -4.95. The third-order valence-electron chi connectivity index (χ3n) is 3.42. The van der Waals surface area contributed by atoms with Gasteiger partial charge in [-0.05, 0) is 19.9 Å². The van der Waals surface area contributed by atoms with Gasteiger partial charge in [0, 0.05) is 18.3 Å². The number of aryl methyl sites for hydroxylation is 1. The summed E-state index contributed by atoms with van der Waals surface area (Å²) in [5, 5.41) is 12.6. The number of hydrogen-bond donors (Lipinski definition) is 1. The average Bonchev–Trinajstić information content (AvgIpc) is 2.61. The number of alkyl halides is 3. The standard InChI is InChI=1S/C16H13F3N4O5/c1-8-6-21-13(7-20-8)15(25)28-9(2)14(24)22-12-4-3-10(23(26)27)5-11(12)16(17,18)19/h3-7,9H,1-2H3,(H,22,24)/t9-/m1/s1. The highest BCUT2D eigenvalue weighted by atomic mass is 19.4. The maximum Gasteiger partial charge on any atom is 0.418 e. The normalized spacial score (nSPS) is 12.2. The zero-order valence-corrected chi connectivity index (χ0v) is 14.5. The molecule has 0 spiro atoms. The van der Waals surface area contributed by atoms with Gasteiger partial charge in [-0.2, -0.15) is 13.2 Å². The maximum absolute atomic E-state index is 13.1. The zero-order chi connectivity index (χ0) is 21.1. The van der Waals surface area contributed by atoms with E-state index in [2.05, 4.69) is 9.97 Å². The molecule has 0 radical (unpaired) electrons. The number of ether oxygens (including phenoxy) is 1. The molecule has 0 aliphatic rings. The summed E-state index contributed by atoms with van der Waals surface area (Å²) in [4.78, 5) is 41.3. The largest absolute Gasteiger partial charge is 0.448 e. The number of hydrogen-bond acceptors (Lipinski definition) is 7. The lowest BCUT2D eigenvalue weighted by Crippen LogP contribution is -2.31. The van der Waals surface area contributed by atoms with Gasteiger partial charge in [0.1, 0.15) is 0 Å². The minimum Gasteiger partial charge on any atom is -0.448 e. The van der Waals surface area contributed by atoms with Gasteiger partial charge < -0.3 is 10.1 Å². The van der Waals surface area contributed by atoms with Crippen LogP contribution >= 0.6 is 0 Å². The third-order valence-corrected chi connectivity index (χ3v) is 3.42. The van der Waals surface area contributed by atoms with Crippen molar-refractivity contribution in [1.82, 2.24) is 9.97 Å². The van der Waals surface area contributed by atoms with Crippen LogP contribution in [0.1, 0.15) is 28.7 Å². The lowest BCUT2D eigenvalue weighted by atomic mass is 10.1. The molecule has 1 atom stereocenters. The van der Waals surface area contributed by atoms with Crippen molar-refractivity contribution < 1.29 is 32.4 Å². The lowest BCUT2D eigenvalue weighted by molar-refractivity contribution is -0.385. The van der Waals surface area contributed by atoms with Crippen molar-refractivity contribution in [1.29, 1.82) is 0 Å². The summed E-state index contributed by atoms with van der Waals surface area (Å²) in [5.41, 5.74) is -2.54. The van der Waals surface area contributed by atoms with Gasteiger partial charge in [0.2, 0.25) is 0 Å². The van der Waals surface area contributed by atoms with Gasteiger partial charge >= 0.3 is 12.1 Å². The summed E-state index contributed by atoms with van der Waals surface area (Å²) < 4.78 is 44.3. The number of aromatic nitrogens is 2. The van der Waals surface area contributed by atoms with E-state index in [9.17, 15) is 32.9 Å². The summed E-state index contributed by atoms with van der Waals surface area (Å²) in [5.74, 6) is -2.05. The number of anilines is 1. The van der Waals surface area contributed by atoms with Crippen LogP contribution in [0.4, 0.5) is 24.5 Å². The predicted molar refractivity (Wildman–Crippen MR) is 88.4 cm³/mol. The number of carbonyl (C=O) groups is 2. The van der Waals surface area contributed by atoms with Crippen molar-refractivity contribution >= 4 is 23.3 Å². The number of nitro benzene ring substituents is 1. The topological polar surface area (TPSA) is 124 Å². The summed E-state index contributed by atoms with van der Waals surface area (Å²) in [6.45, 7) is 2.79. The molecule has 1 N–H and O–H groups in total. The molecule has 28 heavy (non-hydrogen) atoms. The van der Waals surface area contributed by atoms with E-state index in [0.717, 1.165) is 25.3 Å². The highest BCUT2D eigenvalue weighted by Gasteiger charge is 2.36. The van der Waals surface area contributed by atoms with Crippen LogP contribution in [0.15, 0.2) is 30.6 Å².